The SMILES string of the molecule is CCC(C)C(=O)c1ccc2c(c1)CNC2. The van der Waals surface area contributed by atoms with Gasteiger partial charge in [0.1, 0.15) is 0 Å². The van der Waals surface area contributed by atoms with E-state index in [1.807, 2.05) is 19.1 Å². The summed E-state index contributed by atoms with van der Waals surface area (Å²) in [5.74, 6) is 0.407. The van der Waals surface area contributed by atoms with E-state index in [2.05, 4.69) is 18.3 Å². The zero-order valence-electron chi connectivity index (χ0n) is 9.34. The standard InChI is InChI=1S/C13H17NO/c1-3-9(2)13(15)10-4-5-11-7-14-8-12(11)6-10/h4-6,9,14H,3,7-8H2,1-2H3. The number of nitrogens with one attached hydrogen (secondary N) is 1. The molecule has 1 aromatic rings. The normalized spacial score (nSPS) is 16.1. The van der Waals surface area contributed by atoms with Gasteiger partial charge in [-0.15, -0.1) is 0 Å². The van der Waals surface area contributed by atoms with E-state index in [-0.39, 0.29) is 11.7 Å². The van der Waals surface area contributed by atoms with Crippen molar-refractivity contribution >= 4 is 5.78 Å². The van der Waals surface area contributed by atoms with Crippen molar-refractivity contribution in [2.45, 2.75) is 33.4 Å². The Hall–Kier alpha value is -1.15. The second-order valence-electron chi connectivity index (χ2n) is 4.26. The summed E-state index contributed by atoms with van der Waals surface area (Å²) in [5.41, 5.74) is 3.48. The largest absolute Gasteiger partial charge is 0.309 e. The molecule has 2 heteroatoms. The summed E-state index contributed by atoms with van der Waals surface area (Å²) in [6, 6.07) is 6.08. The Morgan fingerprint density at radius 2 is 2.13 bits per heavy atom. The number of hydrogen-bond acceptors (Lipinski definition) is 2. The van der Waals surface area contributed by atoms with Crippen LogP contribution < -0.4 is 5.32 Å². The van der Waals surface area contributed by atoms with E-state index in [9.17, 15) is 4.79 Å². The zero-order chi connectivity index (χ0) is 10.8. The highest BCUT2D eigenvalue weighted by atomic mass is 16.1. The number of hydrogen-bond donors (Lipinski definition) is 1. The summed E-state index contributed by atoms with van der Waals surface area (Å²) in [6.45, 7) is 5.88. The number of benzene rings is 1. The predicted octanol–water partition coefficient (Wildman–Crippen LogP) is 2.52. The maximum absolute atomic E-state index is 12.0. The zero-order valence-corrected chi connectivity index (χ0v) is 9.34. The Kier molecular flexibility index (Phi) is 2.87. The molecular weight excluding hydrogens is 186 g/mol. The highest BCUT2D eigenvalue weighted by molar-refractivity contribution is 5.97. The van der Waals surface area contributed by atoms with Crippen molar-refractivity contribution in [3.8, 4) is 0 Å². The number of Topliss-reactive ketones (excluding diaryl/α,β-unsaturated/α-hetero) is 1. The average Bonchev–Trinajstić information content (AvgIpc) is 2.73. The minimum Gasteiger partial charge on any atom is -0.309 e. The quantitative estimate of drug-likeness (QED) is 0.765. The maximum atomic E-state index is 12.0. The van der Waals surface area contributed by atoms with Crippen molar-refractivity contribution in [3.05, 3.63) is 34.9 Å². The van der Waals surface area contributed by atoms with Crippen LogP contribution in [0.15, 0.2) is 18.2 Å². The first kappa shape index (κ1) is 10.4. The summed E-state index contributed by atoms with van der Waals surface area (Å²) < 4.78 is 0. The highest BCUT2D eigenvalue weighted by Crippen LogP contribution is 2.19. The Balaban J connectivity index is 2.26. The van der Waals surface area contributed by atoms with Crippen LogP contribution in [0.25, 0.3) is 0 Å². The fourth-order valence-corrected chi connectivity index (χ4v) is 1.92. The fourth-order valence-electron chi connectivity index (χ4n) is 1.92. The van der Waals surface area contributed by atoms with E-state index in [4.69, 9.17) is 0 Å². The molecule has 1 atom stereocenters. The summed E-state index contributed by atoms with van der Waals surface area (Å²) in [6.07, 6.45) is 0.911. The van der Waals surface area contributed by atoms with Crippen LogP contribution in [0, 0.1) is 5.92 Å². The molecule has 0 fully saturated rings. The van der Waals surface area contributed by atoms with Crippen molar-refractivity contribution in [1.82, 2.24) is 5.32 Å². The minimum absolute atomic E-state index is 0.136. The highest BCUT2D eigenvalue weighted by Gasteiger charge is 2.16. The molecule has 1 aliphatic rings. The van der Waals surface area contributed by atoms with E-state index in [1.165, 1.54) is 11.1 Å². The first-order valence-electron chi connectivity index (χ1n) is 5.59. The molecule has 0 radical (unpaired) electrons. The van der Waals surface area contributed by atoms with E-state index >= 15 is 0 Å². The van der Waals surface area contributed by atoms with Crippen molar-refractivity contribution in [2.24, 2.45) is 5.92 Å². The summed E-state index contributed by atoms with van der Waals surface area (Å²) >= 11 is 0. The molecule has 1 aromatic carbocycles. The number of carbonyl (C=O) groups is 1. The van der Waals surface area contributed by atoms with Gasteiger partial charge < -0.3 is 5.32 Å². The van der Waals surface area contributed by atoms with Crippen LogP contribution in [0.2, 0.25) is 0 Å². The molecule has 0 aromatic heterocycles. The molecule has 15 heavy (non-hydrogen) atoms. The molecule has 2 rings (SSSR count). The Labute approximate surface area is 90.7 Å². The third kappa shape index (κ3) is 1.95. The van der Waals surface area contributed by atoms with Gasteiger partial charge in [0.25, 0.3) is 0 Å². The Morgan fingerprint density at radius 1 is 1.40 bits per heavy atom. The van der Waals surface area contributed by atoms with Crippen LogP contribution in [0.3, 0.4) is 0 Å². The lowest BCUT2D eigenvalue weighted by Gasteiger charge is -2.08. The van der Waals surface area contributed by atoms with Gasteiger partial charge in [-0.25, -0.2) is 0 Å². The Morgan fingerprint density at radius 3 is 2.87 bits per heavy atom. The Bertz CT molecular complexity index is 384. The van der Waals surface area contributed by atoms with Crippen molar-refractivity contribution < 1.29 is 4.79 Å². The van der Waals surface area contributed by atoms with E-state index in [0.29, 0.717) is 0 Å². The summed E-state index contributed by atoms with van der Waals surface area (Å²) in [5, 5.41) is 3.29. The number of rotatable bonds is 3. The van der Waals surface area contributed by atoms with Crippen molar-refractivity contribution in [1.29, 1.82) is 0 Å². The maximum Gasteiger partial charge on any atom is 0.165 e. The smallest absolute Gasteiger partial charge is 0.165 e. The van der Waals surface area contributed by atoms with Gasteiger partial charge >= 0.3 is 0 Å². The first-order valence-corrected chi connectivity index (χ1v) is 5.59. The number of carbonyl (C=O) groups excluding carboxylic acids is 1. The molecule has 0 saturated heterocycles. The van der Waals surface area contributed by atoms with Crippen LogP contribution in [0.5, 0.6) is 0 Å². The van der Waals surface area contributed by atoms with Gasteiger partial charge in [-0.3, -0.25) is 4.79 Å². The first-order chi connectivity index (χ1) is 7.22. The minimum atomic E-state index is 0.136. The number of fused-ring (bicyclic) bond motifs is 1. The van der Waals surface area contributed by atoms with Crippen molar-refractivity contribution in [2.75, 3.05) is 0 Å². The monoisotopic (exact) mass is 203 g/mol. The topological polar surface area (TPSA) is 29.1 Å². The van der Waals surface area contributed by atoms with Gasteiger partial charge in [-0.1, -0.05) is 26.0 Å². The van der Waals surface area contributed by atoms with Gasteiger partial charge in [-0.2, -0.15) is 0 Å². The van der Waals surface area contributed by atoms with Crippen LogP contribution in [-0.4, -0.2) is 5.78 Å². The molecule has 1 unspecified atom stereocenters. The second kappa shape index (κ2) is 4.15. The van der Waals surface area contributed by atoms with Gasteiger partial charge in [0.15, 0.2) is 5.78 Å². The van der Waals surface area contributed by atoms with Crippen LogP contribution >= 0.6 is 0 Å². The molecular formula is C13H17NO. The molecule has 1 heterocycles. The van der Waals surface area contributed by atoms with Gasteiger partial charge in [0, 0.05) is 24.6 Å². The van der Waals surface area contributed by atoms with Crippen LogP contribution in [0.4, 0.5) is 0 Å². The molecule has 2 nitrogen and oxygen atoms in total. The summed E-state index contributed by atoms with van der Waals surface area (Å²) in [4.78, 5) is 12.0. The molecule has 0 aliphatic carbocycles. The van der Waals surface area contributed by atoms with E-state index in [1.54, 1.807) is 0 Å². The van der Waals surface area contributed by atoms with Crippen molar-refractivity contribution in [3.63, 3.8) is 0 Å². The van der Waals surface area contributed by atoms with Gasteiger partial charge in [-0.05, 0) is 23.6 Å². The lowest BCUT2D eigenvalue weighted by Crippen LogP contribution is -2.10. The second-order valence-corrected chi connectivity index (χ2v) is 4.26. The lowest BCUT2D eigenvalue weighted by molar-refractivity contribution is 0.0927. The molecule has 80 valence electrons. The van der Waals surface area contributed by atoms with Crippen LogP contribution in [0.1, 0.15) is 41.8 Å². The van der Waals surface area contributed by atoms with E-state index in [0.717, 1.165) is 25.1 Å². The molecule has 0 amide bonds. The molecule has 1 N–H and O–H groups in total. The third-order valence-electron chi connectivity index (χ3n) is 3.18. The average molecular weight is 203 g/mol. The van der Waals surface area contributed by atoms with Gasteiger partial charge in [0.05, 0.1) is 0 Å². The molecule has 1 aliphatic heterocycles. The molecule has 0 spiro atoms. The molecule has 0 saturated carbocycles. The third-order valence-corrected chi connectivity index (χ3v) is 3.18. The van der Waals surface area contributed by atoms with E-state index < -0.39 is 0 Å². The van der Waals surface area contributed by atoms with Crippen LogP contribution in [-0.2, 0) is 13.1 Å². The molecule has 0 bridgehead atoms. The lowest BCUT2D eigenvalue weighted by atomic mass is 9.95. The summed E-state index contributed by atoms with van der Waals surface area (Å²) in [7, 11) is 0. The van der Waals surface area contributed by atoms with Gasteiger partial charge in [0.2, 0.25) is 0 Å². The number of ketones is 1. The fraction of sp³-hybridized carbons (Fsp3) is 0.462. The predicted molar refractivity (Wildman–Crippen MR) is 60.8 cm³/mol.